The highest BCUT2D eigenvalue weighted by molar-refractivity contribution is 5.87. The number of nitrogens with one attached hydrogen (secondary N) is 1. The number of amides is 1. The average Bonchev–Trinajstić information content (AvgIpc) is 3.24. The van der Waals surface area contributed by atoms with E-state index in [0.717, 1.165) is 16.5 Å². The summed E-state index contributed by atoms with van der Waals surface area (Å²) < 4.78 is 12.5. The van der Waals surface area contributed by atoms with Gasteiger partial charge in [0.25, 0.3) is 5.56 Å². The number of aliphatic hydroxyl groups is 1. The highest BCUT2D eigenvalue weighted by Gasteiger charge is 2.45. The molecule has 1 amide bonds. The van der Waals surface area contributed by atoms with Crippen LogP contribution in [-0.4, -0.2) is 39.4 Å². The highest BCUT2D eigenvalue weighted by Crippen LogP contribution is 2.38. The standard InChI is InChI=1S/C26H26N4O6/c1-3-26(34)19-12-21-23-16(13-30(21)24(32)18(19)14-36-25(26)33)10-15-11-17(7-8-20(15)28-23)35-9-5-6-22(31)29-27-4-2/h4,7-8,10-12,34H,3,5-6,9,13-14H2,1-2H3,(H,29,31)/b27-4+/t26-/m0/s1. The Morgan fingerprint density at radius 2 is 2.17 bits per heavy atom. The quantitative estimate of drug-likeness (QED) is 0.176. The van der Waals surface area contributed by atoms with Crippen LogP contribution in [0, 0.1) is 0 Å². The van der Waals surface area contributed by atoms with Gasteiger partial charge in [-0.3, -0.25) is 9.59 Å². The summed E-state index contributed by atoms with van der Waals surface area (Å²) in [6.07, 6.45) is 2.46. The fourth-order valence-electron chi connectivity index (χ4n) is 4.67. The zero-order valence-electron chi connectivity index (χ0n) is 20.0. The van der Waals surface area contributed by atoms with Gasteiger partial charge in [-0.2, -0.15) is 5.10 Å². The van der Waals surface area contributed by atoms with Gasteiger partial charge in [-0.1, -0.05) is 6.92 Å². The van der Waals surface area contributed by atoms with E-state index in [9.17, 15) is 19.5 Å². The number of ether oxygens (including phenoxy) is 2. The molecule has 0 bridgehead atoms. The third kappa shape index (κ3) is 3.93. The van der Waals surface area contributed by atoms with Crippen molar-refractivity contribution in [2.75, 3.05) is 6.61 Å². The third-order valence-corrected chi connectivity index (χ3v) is 6.61. The normalized spacial score (nSPS) is 18.0. The average molecular weight is 491 g/mol. The summed E-state index contributed by atoms with van der Waals surface area (Å²) in [5.41, 5.74) is 3.68. The zero-order chi connectivity index (χ0) is 25.4. The number of pyridine rings is 2. The van der Waals surface area contributed by atoms with E-state index in [2.05, 4.69) is 10.5 Å². The molecule has 1 atom stereocenters. The lowest BCUT2D eigenvalue weighted by Gasteiger charge is -2.31. The first-order valence-electron chi connectivity index (χ1n) is 11.9. The molecule has 0 fully saturated rings. The number of hydrazone groups is 1. The molecule has 5 rings (SSSR count). The van der Waals surface area contributed by atoms with Gasteiger partial charge >= 0.3 is 5.97 Å². The summed E-state index contributed by atoms with van der Waals surface area (Å²) in [5.74, 6) is -0.253. The summed E-state index contributed by atoms with van der Waals surface area (Å²) >= 11 is 0. The molecule has 0 aliphatic carbocycles. The molecule has 2 aromatic heterocycles. The van der Waals surface area contributed by atoms with Crippen molar-refractivity contribution in [3.63, 3.8) is 0 Å². The number of fused-ring (bicyclic) bond motifs is 5. The molecule has 10 heteroatoms. The molecule has 0 unspecified atom stereocenters. The van der Waals surface area contributed by atoms with Gasteiger partial charge in [0.05, 0.1) is 35.6 Å². The van der Waals surface area contributed by atoms with Gasteiger partial charge in [0.2, 0.25) is 5.91 Å². The van der Waals surface area contributed by atoms with Crippen LogP contribution in [-0.2, 0) is 33.1 Å². The number of rotatable bonds is 7. The van der Waals surface area contributed by atoms with Crippen molar-refractivity contribution in [1.82, 2.24) is 15.0 Å². The summed E-state index contributed by atoms with van der Waals surface area (Å²) in [6, 6.07) is 9.20. The Morgan fingerprint density at radius 3 is 2.94 bits per heavy atom. The lowest BCUT2D eigenvalue weighted by atomic mass is 9.86. The predicted molar refractivity (Wildman–Crippen MR) is 132 cm³/mol. The number of aromatic nitrogens is 2. The summed E-state index contributed by atoms with van der Waals surface area (Å²) in [7, 11) is 0. The molecule has 36 heavy (non-hydrogen) atoms. The van der Waals surface area contributed by atoms with Crippen molar-refractivity contribution in [3.05, 3.63) is 57.4 Å². The SMILES string of the molecule is C/C=N/NC(=O)CCCOc1ccc2nc3c(cc2c1)Cn1c-3cc2c(c1=O)COC(=O)[C@]2(O)CC. The van der Waals surface area contributed by atoms with Gasteiger partial charge in [0.15, 0.2) is 5.60 Å². The second-order valence-corrected chi connectivity index (χ2v) is 8.83. The van der Waals surface area contributed by atoms with E-state index < -0.39 is 11.6 Å². The molecule has 0 saturated heterocycles. The van der Waals surface area contributed by atoms with Crippen LogP contribution in [0.4, 0.5) is 0 Å². The van der Waals surface area contributed by atoms with E-state index in [1.807, 2.05) is 24.3 Å². The zero-order valence-corrected chi connectivity index (χ0v) is 20.0. The number of benzene rings is 1. The van der Waals surface area contributed by atoms with Crippen LogP contribution in [0.15, 0.2) is 40.2 Å². The second-order valence-electron chi connectivity index (χ2n) is 8.83. The topological polar surface area (TPSA) is 132 Å². The van der Waals surface area contributed by atoms with Crippen molar-refractivity contribution in [2.24, 2.45) is 5.10 Å². The molecule has 2 aliphatic heterocycles. The Bertz CT molecular complexity index is 1480. The number of hydrogen-bond donors (Lipinski definition) is 2. The molecule has 4 heterocycles. The third-order valence-electron chi connectivity index (χ3n) is 6.61. The Hall–Kier alpha value is -4.05. The van der Waals surface area contributed by atoms with E-state index in [4.69, 9.17) is 14.5 Å². The maximum absolute atomic E-state index is 13.3. The molecule has 0 radical (unpaired) electrons. The number of hydrogen-bond acceptors (Lipinski definition) is 8. The Morgan fingerprint density at radius 1 is 1.33 bits per heavy atom. The Balaban J connectivity index is 1.41. The number of cyclic esters (lactones) is 1. The Kier molecular flexibility index (Phi) is 6.05. The van der Waals surface area contributed by atoms with Crippen molar-refractivity contribution < 1.29 is 24.2 Å². The van der Waals surface area contributed by atoms with Crippen LogP contribution in [0.25, 0.3) is 22.3 Å². The monoisotopic (exact) mass is 490 g/mol. The van der Waals surface area contributed by atoms with Crippen LogP contribution in [0.3, 0.4) is 0 Å². The summed E-state index contributed by atoms with van der Waals surface area (Å²) in [4.78, 5) is 42.0. The van der Waals surface area contributed by atoms with Crippen LogP contribution < -0.4 is 15.7 Å². The predicted octanol–water partition coefficient (Wildman–Crippen LogP) is 2.36. The largest absolute Gasteiger partial charge is 0.494 e. The van der Waals surface area contributed by atoms with Gasteiger partial charge in [-0.15, -0.1) is 0 Å². The lowest BCUT2D eigenvalue weighted by molar-refractivity contribution is -0.172. The number of carbonyl (C=O) groups excluding carboxylic acids is 2. The second kappa shape index (κ2) is 9.19. The van der Waals surface area contributed by atoms with Gasteiger partial charge in [0.1, 0.15) is 12.4 Å². The first-order chi connectivity index (χ1) is 17.4. The fraction of sp³-hybridized carbons (Fsp3) is 0.346. The maximum Gasteiger partial charge on any atom is 0.343 e. The van der Waals surface area contributed by atoms with E-state index in [-0.39, 0.29) is 24.5 Å². The van der Waals surface area contributed by atoms with Gasteiger partial charge in [-0.25, -0.2) is 15.2 Å². The number of carbonyl (C=O) groups is 2. The first-order valence-corrected chi connectivity index (χ1v) is 11.9. The first kappa shape index (κ1) is 23.7. The van der Waals surface area contributed by atoms with Crippen LogP contribution >= 0.6 is 0 Å². The molecule has 0 spiro atoms. The minimum Gasteiger partial charge on any atom is -0.494 e. The minimum absolute atomic E-state index is 0.0971. The minimum atomic E-state index is -1.85. The van der Waals surface area contributed by atoms with Crippen LogP contribution in [0.5, 0.6) is 5.75 Å². The van der Waals surface area contributed by atoms with Gasteiger partial charge in [0, 0.05) is 29.1 Å². The number of nitrogens with zero attached hydrogens (tertiary/aromatic N) is 3. The van der Waals surface area contributed by atoms with Crippen molar-refractivity contribution >= 4 is 29.0 Å². The maximum atomic E-state index is 13.3. The molecule has 2 N–H and O–H groups in total. The van der Waals surface area contributed by atoms with E-state index in [0.29, 0.717) is 54.3 Å². The highest BCUT2D eigenvalue weighted by atomic mass is 16.6. The molecule has 3 aromatic rings. The van der Waals surface area contributed by atoms with Crippen LogP contribution in [0.2, 0.25) is 0 Å². The van der Waals surface area contributed by atoms with Crippen molar-refractivity contribution in [3.8, 4) is 17.1 Å². The molecular formula is C26H26N4O6. The van der Waals surface area contributed by atoms with Gasteiger partial charge in [-0.05, 0) is 50.1 Å². The molecular weight excluding hydrogens is 464 g/mol. The molecule has 186 valence electrons. The van der Waals surface area contributed by atoms with Crippen molar-refractivity contribution in [1.29, 1.82) is 0 Å². The van der Waals surface area contributed by atoms with E-state index in [1.165, 1.54) is 6.21 Å². The van der Waals surface area contributed by atoms with Crippen molar-refractivity contribution in [2.45, 2.75) is 51.9 Å². The van der Waals surface area contributed by atoms with E-state index >= 15 is 0 Å². The van der Waals surface area contributed by atoms with Gasteiger partial charge < -0.3 is 19.1 Å². The summed E-state index contributed by atoms with van der Waals surface area (Å²) in [6.45, 7) is 3.95. The molecule has 10 nitrogen and oxygen atoms in total. The number of esters is 1. The lowest BCUT2D eigenvalue weighted by Crippen LogP contribution is -2.44. The molecule has 1 aromatic carbocycles. The summed E-state index contributed by atoms with van der Waals surface area (Å²) in [5, 5.41) is 15.5. The van der Waals surface area contributed by atoms with E-state index in [1.54, 1.807) is 24.5 Å². The molecule has 2 aliphatic rings. The van der Waals surface area contributed by atoms with Crippen LogP contribution in [0.1, 0.15) is 49.8 Å². The smallest absolute Gasteiger partial charge is 0.343 e. The Labute approximate surface area is 206 Å². The fourth-order valence-corrected chi connectivity index (χ4v) is 4.67. The molecule has 0 saturated carbocycles.